The van der Waals surface area contributed by atoms with Crippen molar-refractivity contribution in [1.82, 2.24) is 14.5 Å². The Bertz CT molecular complexity index is 876. The summed E-state index contributed by atoms with van der Waals surface area (Å²) < 4.78 is 14.3. The minimum absolute atomic E-state index is 0.208. The van der Waals surface area contributed by atoms with E-state index in [0.717, 1.165) is 11.3 Å². The third-order valence-corrected chi connectivity index (χ3v) is 4.83. The van der Waals surface area contributed by atoms with Crippen LogP contribution in [0.4, 0.5) is 5.69 Å². The lowest BCUT2D eigenvalue weighted by molar-refractivity contribution is -0.268. The van der Waals surface area contributed by atoms with E-state index >= 15 is 0 Å². The monoisotopic (exact) mass is 341 g/mol. The molecule has 1 aromatic carbocycles. The molecule has 1 unspecified atom stereocenters. The van der Waals surface area contributed by atoms with Gasteiger partial charge in [0.1, 0.15) is 5.82 Å². The molecule has 24 heavy (non-hydrogen) atoms. The molecule has 3 rings (SSSR count). The van der Waals surface area contributed by atoms with Crippen LogP contribution in [0.25, 0.3) is 5.82 Å². The zero-order valence-corrected chi connectivity index (χ0v) is 14.2. The van der Waals surface area contributed by atoms with E-state index in [9.17, 15) is 9.32 Å². The van der Waals surface area contributed by atoms with Crippen molar-refractivity contribution >= 4 is 16.5 Å². The van der Waals surface area contributed by atoms with Gasteiger partial charge >= 0.3 is 0 Å². The zero-order chi connectivity index (χ0) is 17.1. The van der Waals surface area contributed by atoms with Crippen LogP contribution in [0.1, 0.15) is 5.56 Å². The van der Waals surface area contributed by atoms with E-state index in [1.807, 2.05) is 43.3 Å². The molecule has 124 valence electrons. The molecule has 0 spiro atoms. The molecule has 0 bridgehead atoms. The number of benzene rings is 1. The van der Waals surface area contributed by atoms with Crippen molar-refractivity contribution in [3.05, 3.63) is 60.6 Å². The Morgan fingerprint density at radius 3 is 2.67 bits per heavy atom. The topological polar surface area (TPSA) is 74.1 Å². The molecule has 0 saturated heterocycles. The molecule has 0 N–H and O–H groups in total. The molecular weight excluding hydrogens is 324 g/mol. The van der Waals surface area contributed by atoms with Crippen LogP contribution in [0.2, 0.25) is 0 Å². The first-order valence-corrected chi connectivity index (χ1v) is 8.69. The van der Waals surface area contributed by atoms with Crippen LogP contribution in [0.5, 0.6) is 5.75 Å². The van der Waals surface area contributed by atoms with Gasteiger partial charge in [0.25, 0.3) is 0 Å². The molecule has 2 aromatic heterocycles. The van der Waals surface area contributed by atoms with Crippen LogP contribution in [0.15, 0.2) is 60.1 Å². The van der Waals surface area contributed by atoms with E-state index in [1.54, 1.807) is 12.3 Å². The molecule has 0 fully saturated rings. The van der Waals surface area contributed by atoms with E-state index < -0.39 is 10.8 Å². The van der Waals surface area contributed by atoms with Gasteiger partial charge in [0.2, 0.25) is 5.16 Å². The first kappa shape index (κ1) is 16.2. The van der Waals surface area contributed by atoms with Crippen molar-refractivity contribution in [3.8, 4) is 11.6 Å². The normalized spacial score (nSPS) is 12.1. The van der Waals surface area contributed by atoms with Gasteiger partial charge in [-0.2, -0.15) is 0 Å². The van der Waals surface area contributed by atoms with Gasteiger partial charge in [-0.05, 0) is 17.7 Å². The molecule has 0 saturated carbocycles. The lowest BCUT2D eigenvalue weighted by Gasteiger charge is -2.17. The van der Waals surface area contributed by atoms with Gasteiger partial charge in [-0.25, -0.2) is 9.97 Å². The number of imidazole rings is 1. The summed E-state index contributed by atoms with van der Waals surface area (Å²) in [6.45, 7) is 0. The van der Waals surface area contributed by atoms with Gasteiger partial charge in [0, 0.05) is 38.4 Å². The molecular formula is C17H17N4O2S-. The van der Waals surface area contributed by atoms with E-state index in [1.165, 1.54) is 23.0 Å². The van der Waals surface area contributed by atoms with E-state index in [2.05, 4.69) is 9.97 Å². The Morgan fingerprint density at radius 1 is 1.12 bits per heavy atom. The predicted molar refractivity (Wildman–Crippen MR) is 91.7 cm³/mol. The second-order valence-corrected chi connectivity index (χ2v) is 6.76. The van der Waals surface area contributed by atoms with Crippen molar-refractivity contribution in [2.24, 2.45) is 0 Å². The third kappa shape index (κ3) is 3.16. The van der Waals surface area contributed by atoms with E-state index in [4.69, 9.17) is 0 Å². The summed E-state index contributed by atoms with van der Waals surface area (Å²) in [7, 11) is 2.49. The summed E-state index contributed by atoms with van der Waals surface area (Å²) in [5, 5.41) is 12.3. The number of anilines is 1. The van der Waals surface area contributed by atoms with Crippen LogP contribution in [0.3, 0.4) is 0 Å². The minimum Gasteiger partial charge on any atom is -0.870 e. The number of nitrogens with zero attached hydrogens (tertiary/aromatic N) is 4. The molecule has 0 aliphatic rings. The maximum Gasteiger partial charge on any atom is 0.205 e. The van der Waals surface area contributed by atoms with Gasteiger partial charge in [0.05, 0.1) is 16.6 Å². The highest BCUT2D eigenvalue weighted by Gasteiger charge is 2.16. The Balaban J connectivity index is 1.94. The fourth-order valence-corrected chi connectivity index (χ4v) is 3.66. The second-order valence-electron chi connectivity index (χ2n) is 5.42. The smallest absolute Gasteiger partial charge is 0.205 e. The number of pyridine rings is 1. The molecule has 3 aromatic rings. The molecule has 6 nitrogen and oxygen atoms in total. The number of rotatable bonds is 5. The van der Waals surface area contributed by atoms with Gasteiger partial charge in [-0.1, -0.05) is 30.0 Å². The third-order valence-electron chi connectivity index (χ3n) is 3.55. The van der Waals surface area contributed by atoms with Crippen molar-refractivity contribution in [3.63, 3.8) is 0 Å². The Kier molecular flexibility index (Phi) is 4.61. The largest absolute Gasteiger partial charge is 0.870 e. The highest BCUT2D eigenvalue weighted by atomic mass is 32.2. The number of para-hydroxylation sites is 1. The Labute approximate surface area is 142 Å². The van der Waals surface area contributed by atoms with E-state index in [-0.39, 0.29) is 11.6 Å². The molecule has 0 aliphatic carbocycles. The summed E-state index contributed by atoms with van der Waals surface area (Å²) in [4.78, 5) is 10.2. The van der Waals surface area contributed by atoms with Crippen molar-refractivity contribution in [2.75, 3.05) is 19.0 Å². The van der Waals surface area contributed by atoms with Crippen LogP contribution in [0, 0.1) is 0 Å². The lowest BCUT2D eigenvalue weighted by atomic mass is 10.2. The van der Waals surface area contributed by atoms with Crippen LogP contribution in [-0.4, -0.2) is 32.8 Å². The standard InChI is InChI=1S/C17H18N4O2S/c1-20(2)14-7-4-3-6-13(14)12-24(23)17-19-10-11-21(17)16-15(22)8-5-9-18-16/h3-11,22H,12H2,1-2H3/p-1. The first-order chi connectivity index (χ1) is 11.6. The fourth-order valence-electron chi connectivity index (χ4n) is 2.46. The molecule has 2 heterocycles. The van der Waals surface area contributed by atoms with Gasteiger partial charge in [-0.15, -0.1) is 0 Å². The van der Waals surface area contributed by atoms with Crippen LogP contribution >= 0.6 is 0 Å². The quantitative estimate of drug-likeness (QED) is 0.706. The summed E-state index contributed by atoms with van der Waals surface area (Å²) in [6, 6.07) is 10.8. The first-order valence-electron chi connectivity index (χ1n) is 7.37. The predicted octanol–water partition coefficient (Wildman–Crippen LogP) is 1.71. The molecule has 1 atom stereocenters. The number of aromatic nitrogens is 3. The minimum atomic E-state index is -1.40. The summed E-state index contributed by atoms with van der Waals surface area (Å²) in [5.74, 6) is 0.286. The van der Waals surface area contributed by atoms with Crippen LogP contribution < -0.4 is 10.0 Å². The van der Waals surface area contributed by atoms with Gasteiger partial charge in [0.15, 0.2) is 0 Å². The van der Waals surface area contributed by atoms with E-state index in [0.29, 0.717) is 10.9 Å². The summed E-state index contributed by atoms with van der Waals surface area (Å²) in [5.41, 5.74) is 1.96. The summed E-state index contributed by atoms with van der Waals surface area (Å²) >= 11 is 0. The van der Waals surface area contributed by atoms with Gasteiger partial charge in [-0.3, -0.25) is 8.78 Å². The fraction of sp³-hybridized carbons (Fsp3) is 0.176. The van der Waals surface area contributed by atoms with Gasteiger partial charge < -0.3 is 10.0 Å². The average Bonchev–Trinajstić information content (AvgIpc) is 3.05. The lowest BCUT2D eigenvalue weighted by Crippen LogP contribution is -2.13. The number of hydrogen-bond donors (Lipinski definition) is 0. The number of hydrogen-bond acceptors (Lipinski definition) is 5. The van der Waals surface area contributed by atoms with Crippen molar-refractivity contribution < 1.29 is 9.32 Å². The molecule has 7 heteroatoms. The second kappa shape index (κ2) is 6.84. The maximum absolute atomic E-state index is 12.8. The highest BCUT2D eigenvalue weighted by molar-refractivity contribution is 7.84. The molecule has 0 amide bonds. The molecule has 0 aliphatic heterocycles. The highest BCUT2D eigenvalue weighted by Crippen LogP contribution is 2.23. The molecule has 0 radical (unpaired) electrons. The summed E-state index contributed by atoms with van der Waals surface area (Å²) in [6.07, 6.45) is 4.67. The Morgan fingerprint density at radius 2 is 1.92 bits per heavy atom. The van der Waals surface area contributed by atoms with Crippen LogP contribution in [-0.2, 0) is 16.6 Å². The van der Waals surface area contributed by atoms with Crippen molar-refractivity contribution in [2.45, 2.75) is 10.9 Å². The SMILES string of the molecule is CN(C)c1ccccc1CS(=O)c1nccn1-c1ncccc1[O-]. The average molecular weight is 341 g/mol. The Hall–Kier alpha value is -2.67. The zero-order valence-electron chi connectivity index (χ0n) is 13.4. The van der Waals surface area contributed by atoms with Crippen molar-refractivity contribution in [1.29, 1.82) is 0 Å². The maximum atomic E-state index is 12.8.